The van der Waals surface area contributed by atoms with Crippen LogP contribution in [0.3, 0.4) is 0 Å². The van der Waals surface area contributed by atoms with Gasteiger partial charge in [0.1, 0.15) is 10.7 Å². The van der Waals surface area contributed by atoms with E-state index in [2.05, 4.69) is 20.4 Å². The molecular weight excluding hydrogens is 220 g/mol. The zero-order valence-corrected chi connectivity index (χ0v) is 9.11. The van der Waals surface area contributed by atoms with Gasteiger partial charge in [0.05, 0.1) is 6.20 Å². The van der Waals surface area contributed by atoms with Crippen molar-refractivity contribution in [1.29, 1.82) is 0 Å². The Balaban J connectivity index is 2.19. The van der Waals surface area contributed by atoms with Gasteiger partial charge >= 0.3 is 0 Å². The van der Waals surface area contributed by atoms with Gasteiger partial charge in [-0.15, -0.1) is 11.3 Å². The van der Waals surface area contributed by atoms with Gasteiger partial charge in [0, 0.05) is 22.7 Å². The molecule has 0 aliphatic heterocycles. The van der Waals surface area contributed by atoms with Crippen LogP contribution in [0.4, 0.5) is 0 Å². The minimum Gasteiger partial charge on any atom is -0.245 e. The number of nitrogens with zero attached hydrogens (tertiary/aromatic N) is 3. The van der Waals surface area contributed by atoms with Crippen LogP contribution in [0, 0.1) is 0 Å². The Kier molecular flexibility index (Phi) is 2.23. The van der Waals surface area contributed by atoms with Crippen molar-refractivity contribution in [2.45, 2.75) is 0 Å². The van der Waals surface area contributed by atoms with Crippen molar-refractivity contribution < 1.29 is 0 Å². The maximum atomic E-state index is 4.32. The Morgan fingerprint density at radius 2 is 2.00 bits per heavy atom. The second-order valence-corrected chi connectivity index (χ2v) is 4.13. The van der Waals surface area contributed by atoms with E-state index in [1.54, 1.807) is 23.7 Å². The maximum Gasteiger partial charge on any atom is 0.123 e. The molecule has 0 fully saturated rings. The molecule has 4 nitrogen and oxygen atoms in total. The summed E-state index contributed by atoms with van der Waals surface area (Å²) in [6, 6.07) is 8.05. The summed E-state index contributed by atoms with van der Waals surface area (Å²) in [5.74, 6) is 0. The minimum atomic E-state index is 0.839. The van der Waals surface area contributed by atoms with Gasteiger partial charge < -0.3 is 0 Å². The molecule has 0 amide bonds. The summed E-state index contributed by atoms with van der Waals surface area (Å²) in [7, 11) is 0. The average Bonchev–Trinajstić information content (AvgIpc) is 3.03. The molecule has 0 aliphatic rings. The van der Waals surface area contributed by atoms with Crippen molar-refractivity contribution in [3.05, 3.63) is 42.0 Å². The molecule has 2 aromatic heterocycles. The number of aromatic nitrogens is 4. The van der Waals surface area contributed by atoms with E-state index in [4.69, 9.17) is 0 Å². The average molecular weight is 228 g/mol. The SMILES string of the molecule is c1ccc(-c2nccs2)c(-c2cn[nH]n2)c1. The highest BCUT2D eigenvalue weighted by Gasteiger charge is 2.10. The number of nitrogens with one attached hydrogen (secondary N) is 1. The van der Waals surface area contributed by atoms with Crippen LogP contribution in [-0.2, 0) is 0 Å². The molecule has 0 unspecified atom stereocenters. The van der Waals surface area contributed by atoms with Crippen molar-refractivity contribution >= 4 is 11.3 Å². The third kappa shape index (κ3) is 1.51. The molecule has 0 aliphatic carbocycles. The lowest BCUT2D eigenvalue weighted by molar-refractivity contribution is 0.942. The molecule has 0 spiro atoms. The van der Waals surface area contributed by atoms with Gasteiger partial charge in [0.15, 0.2) is 0 Å². The highest BCUT2D eigenvalue weighted by molar-refractivity contribution is 7.13. The first-order valence-corrected chi connectivity index (χ1v) is 5.68. The van der Waals surface area contributed by atoms with Crippen LogP contribution in [0.25, 0.3) is 21.8 Å². The number of hydrogen-bond acceptors (Lipinski definition) is 4. The second-order valence-electron chi connectivity index (χ2n) is 3.24. The number of aromatic amines is 1. The first-order valence-electron chi connectivity index (χ1n) is 4.80. The van der Waals surface area contributed by atoms with Crippen LogP contribution < -0.4 is 0 Å². The Morgan fingerprint density at radius 3 is 2.69 bits per heavy atom. The van der Waals surface area contributed by atoms with Crippen LogP contribution in [0.1, 0.15) is 0 Å². The molecule has 1 N–H and O–H groups in total. The number of benzene rings is 1. The van der Waals surface area contributed by atoms with E-state index >= 15 is 0 Å². The molecule has 0 radical (unpaired) electrons. The third-order valence-corrected chi connectivity index (χ3v) is 3.09. The van der Waals surface area contributed by atoms with Crippen molar-refractivity contribution in [2.24, 2.45) is 0 Å². The summed E-state index contributed by atoms with van der Waals surface area (Å²) in [5, 5.41) is 13.5. The molecule has 0 saturated carbocycles. The van der Waals surface area contributed by atoms with E-state index in [1.165, 1.54) is 0 Å². The third-order valence-electron chi connectivity index (χ3n) is 2.28. The van der Waals surface area contributed by atoms with Gasteiger partial charge in [-0.3, -0.25) is 0 Å². The topological polar surface area (TPSA) is 54.5 Å². The summed E-state index contributed by atoms with van der Waals surface area (Å²) in [6.45, 7) is 0. The number of H-pyrrole nitrogens is 1. The summed E-state index contributed by atoms with van der Waals surface area (Å²) in [4.78, 5) is 4.32. The molecular formula is C11H8N4S. The predicted molar refractivity (Wildman–Crippen MR) is 62.9 cm³/mol. The predicted octanol–water partition coefficient (Wildman–Crippen LogP) is 2.60. The first kappa shape index (κ1) is 9.23. The molecule has 3 aromatic rings. The zero-order valence-electron chi connectivity index (χ0n) is 8.29. The molecule has 16 heavy (non-hydrogen) atoms. The first-order chi connectivity index (χ1) is 7.95. The van der Waals surface area contributed by atoms with E-state index < -0.39 is 0 Å². The van der Waals surface area contributed by atoms with E-state index in [1.807, 2.05) is 29.6 Å². The van der Waals surface area contributed by atoms with Crippen LogP contribution in [0.15, 0.2) is 42.0 Å². The van der Waals surface area contributed by atoms with Gasteiger partial charge in [0.25, 0.3) is 0 Å². The van der Waals surface area contributed by atoms with Gasteiger partial charge in [-0.1, -0.05) is 24.3 Å². The summed E-state index contributed by atoms with van der Waals surface area (Å²) < 4.78 is 0. The summed E-state index contributed by atoms with van der Waals surface area (Å²) >= 11 is 1.62. The van der Waals surface area contributed by atoms with E-state index in [9.17, 15) is 0 Å². The number of hydrogen-bond donors (Lipinski definition) is 1. The maximum absolute atomic E-state index is 4.32. The Bertz CT molecular complexity index is 519. The van der Waals surface area contributed by atoms with Crippen molar-refractivity contribution in [1.82, 2.24) is 20.4 Å². The highest BCUT2D eigenvalue weighted by Crippen LogP contribution is 2.31. The normalized spacial score (nSPS) is 10.5. The fraction of sp³-hybridized carbons (Fsp3) is 0. The largest absolute Gasteiger partial charge is 0.245 e. The lowest BCUT2D eigenvalue weighted by atomic mass is 10.1. The van der Waals surface area contributed by atoms with Gasteiger partial charge in [-0.05, 0) is 0 Å². The van der Waals surface area contributed by atoms with Gasteiger partial charge in [0.2, 0.25) is 0 Å². The molecule has 0 saturated heterocycles. The molecule has 78 valence electrons. The van der Waals surface area contributed by atoms with E-state index in [0.717, 1.165) is 21.8 Å². The number of rotatable bonds is 2. The monoisotopic (exact) mass is 228 g/mol. The van der Waals surface area contributed by atoms with Crippen LogP contribution in [0.2, 0.25) is 0 Å². The molecule has 0 bridgehead atoms. The highest BCUT2D eigenvalue weighted by atomic mass is 32.1. The van der Waals surface area contributed by atoms with Crippen molar-refractivity contribution in [2.75, 3.05) is 0 Å². The van der Waals surface area contributed by atoms with Crippen molar-refractivity contribution in [3.63, 3.8) is 0 Å². The molecule has 1 aromatic carbocycles. The zero-order chi connectivity index (χ0) is 10.8. The molecule has 0 atom stereocenters. The van der Waals surface area contributed by atoms with Crippen molar-refractivity contribution in [3.8, 4) is 21.8 Å². The fourth-order valence-corrected chi connectivity index (χ4v) is 2.26. The summed E-state index contributed by atoms with van der Waals surface area (Å²) in [6.07, 6.45) is 3.52. The lowest BCUT2D eigenvalue weighted by Crippen LogP contribution is -1.84. The Morgan fingerprint density at radius 1 is 1.12 bits per heavy atom. The van der Waals surface area contributed by atoms with E-state index in [0.29, 0.717) is 0 Å². The van der Waals surface area contributed by atoms with E-state index in [-0.39, 0.29) is 0 Å². The van der Waals surface area contributed by atoms with Crippen LogP contribution in [0.5, 0.6) is 0 Å². The Labute approximate surface area is 96.0 Å². The standard InChI is InChI=1S/C11H8N4S/c1-2-4-9(11-12-5-6-16-11)8(3-1)10-7-13-15-14-10/h1-7H,(H,13,14,15). The molecule has 2 heterocycles. The van der Waals surface area contributed by atoms with Gasteiger partial charge in [-0.2, -0.15) is 15.4 Å². The minimum absolute atomic E-state index is 0.839. The van der Waals surface area contributed by atoms with Crippen LogP contribution >= 0.6 is 11.3 Å². The smallest absolute Gasteiger partial charge is 0.123 e. The Hall–Kier alpha value is -2.01. The van der Waals surface area contributed by atoms with Gasteiger partial charge in [-0.25, -0.2) is 4.98 Å². The number of thiazole rings is 1. The molecule has 3 rings (SSSR count). The lowest BCUT2D eigenvalue weighted by Gasteiger charge is -2.02. The molecule has 5 heteroatoms. The second kappa shape index (κ2) is 3.86. The quantitative estimate of drug-likeness (QED) is 0.733. The fourth-order valence-electron chi connectivity index (χ4n) is 1.58. The summed E-state index contributed by atoms with van der Waals surface area (Å²) in [5.41, 5.74) is 2.98. The van der Waals surface area contributed by atoms with Crippen LogP contribution in [-0.4, -0.2) is 20.4 Å².